The van der Waals surface area contributed by atoms with Gasteiger partial charge in [0.1, 0.15) is 0 Å². The van der Waals surface area contributed by atoms with Gasteiger partial charge in [0.15, 0.2) is 0 Å². The average Bonchev–Trinajstić information content (AvgIpc) is 2.38. The predicted octanol–water partition coefficient (Wildman–Crippen LogP) is 3.40. The topological polar surface area (TPSA) is 40.5 Å². The summed E-state index contributed by atoms with van der Waals surface area (Å²) in [6.45, 7) is 2.78. The number of piperidine rings is 1. The number of halogens is 3. The van der Waals surface area contributed by atoms with Gasteiger partial charge in [-0.05, 0) is 44.0 Å². The van der Waals surface area contributed by atoms with Crippen LogP contribution in [-0.2, 0) is 11.0 Å². The molecule has 1 heterocycles. The van der Waals surface area contributed by atoms with Crippen molar-refractivity contribution < 1.29 is 23.1 Å². The number of hydrogen-bond donors (Lipinski definition) is 1. The van der Waals surface area contributed by atoms with Gasteiger partial charge in [-0.3, -0.25) is 4.79 Å². The van der Waals surface area contributed by atoms with Crippen molar-refractivity contribution in [3.05, 3.63) is 29.8 Å². The molecule has 110 valence electrons. The molecular weight excluding hydrogens is 271 g/mol. The molecule has 0 atom stereocenters. The van der Waals surface area contributed by atoms with Gasteiger partial charge in [0.2, 0.25) is 0 Å². The molecule has 1 aromatic rings. The zero-order chi connectivity index (χ0) is 15.0. The van der Waals surface area contributed by atoms with Gasteiger partial charge in [0, 0.05) is 18.8 Å². The molecule has 1 fully saturated rings. The second-order valence-corrected chi connectivity index (χ2v) is 5.40. The van der Waals surface area contributed by atoms with Crippen molar-refractivity contribution in [2.45, 2.75) is 25.9 Å². The Balaban J connectivity index is 2.06. The van der Waals surface area contributed by atoms with E-state index in [0.717, 1.165) is 12.1 Å². The van der Waals surface area contributed by atoms with E-state index in [1.165, 1.54) is 12.1 Å². The Hall–Kier alpha value is -1.72. The first-order valence-corrected chi connectivity index (χ1v) is 6.38. The van der Waals surface area contributed by atoms with Crippen LogP contribution in [0.3, 0.4) is 0 Å². The first kappa shape index (κ1) is 14.7. The van der Waals surface area contributed by atoms with Crippen LogP contribution in [0.4, 0.5) is 18.9 Å². The summed E-state index contributed by atoms with van der Waals surface area (Å²) in [6, 6.07) is 4.99. The van der Waals surface area contributed by atoms with Crippen LogP contribution < -0.4 is 4.90 Å². The van der Waals surface area contributed by atoms with Crippen LogP contribution in [0, 0.1) is 5.41 Å². The highest BCUT2D eigenvalue weighted by Crippen LogP contribution is 2.34. The molecule has 1 N–H and O–H groups in total. The number of rotatable bonds is 2. The summed E-state index contributed by atoms with van der Waals surface area (Å²) in [4.78, 5) is 13.1. The molecule has 0 aliphatic carbocycles. The van der Waals surface area contributed by atoms with E-state index in [1.807, 2.05) is 4.90 Å². The van der Waals surface area contributed by atoms with Crippen molar-refractivity contribution in [3.8, 4) is 0 Å². The lowest BCUT2D eigenvalue weighted by atomic mass is 9.80. The SMILES string of the molecule is CC1(C(=O)O)CCN(c2ccc(C(F)(F)F)cc2)CC1. The lowest BCUT2D eigenvalue weighted by Gasteiger charge is -2.37. The van der Waals surface area contributed by atoms with Crippen molar-refractivity contribution in [1.82, 2.24) is 0 Å². The van der Waals surface area contributed by atoms with E-state index < -0.39 is 23.1 Å². The number of carbonyl (C=O) groups is 1. The summed E-state index contributed by atoms with van der Waals surface area (Å²) in [6.07, 6.45) is -3.35. The van der Waals surface area contributed by atoms with Gasteiger partial charge in [-0.25, -0.2) is 0 Å². The number of anilines is 1. The molecule has 1 saturated heterocycles. The van der Waals surface area contributed by atoms with Gasteiger partial charge in [0.05, 0.1) is 11.0 Å². The van der Waals surface area contributed by atoms with Gasteiger partial charge in [0.25, 0.3) is 0 Å². The van der Waals surface area contributed by atoms with Crippen LogP contribution in [-0.4, -0.2) is 24.2 Å². The van der Waals surface area contributed by atoms with E-state index in [1.54, 1.807) is 6.92 Å². The second kappa shape index (κ2) is 5.00. The summed E-state index contributed by atoms with van der Waals surface area (Å²) in [5.74, 6) is -0.815. The zero-order valence-electron chi connectivity index (χ0n) is 11.1. The van der Waals surface area contributed by atoms with Crippen molar-refractivity contribution in [2.75, 3.05) is 18.0 Å². The number of carboxylic acids is 1. The minimum atomic E-state index is -4.33. The van der Waals surface area contributed by atoms with E-state index in [4.69, 9.17) is 5.11 Å². The maximum atomic E-state index is 12.5. The Labute approximate surface area is 115 Å². The number of aliphatic carboxylic acids is 1. The van der Waals surface area contributed by atoms with Crippen LogP contribution in [0.1, 0.15) is 25.3 Å². The van der Waals surface area contributed by atoms with Gasteiger partial charge >= 0.3 is 12.1 Å². The van der Waals surface area contributed by atoms with Gasteiger partial charge in [-0.2, -0.15) is 13.2 Å². The third-order valence-electron chi connectivity index (χ3n) is 3.94. The zero-order valence-corrected chi connectivity index (χ0v) is 11.1. The monoisotopic (exact) mass is 287 g/mol. The van der Waals surface area contributed by atoms with E-state index in [-0.39, 0.29) is 0 Å². The highest BCUT2D eigenvalue weighted by molar-refractivity contribution is 5.74. The smallest absolute Gasteiger partial charge is 0.416 e. The van der Waals surface area contributed by atoms with Crippen LogP contribution in [0.15, 0.2) is 24.3 Å². The molecular formula is C14H16F3NO2. The molecule has 0 aromatic heterocycles. The molecule has 0 amide bonds. The third-order valence-corrected chi connectivity index (χ3v) is 3.94. The first-order valence-electron chi connectivity index (χ1n) is 6.38. The van der Waals surface area contributed by atoms with Gasteiger partial charge in [-0.15, -0.1) is 0 Å². The number of carboxylic acid groups (broad SMARTS) is 1. The fourth-order valence-electron chi connectivity index (χ4n) is 2.33. The average molecular weight is 287 g/mol. The Kier molecular flexibility index (Phi) is 3.67. The molecule has 2 rings (SSSR count). The van der Waals surface area contributed by atoms with Gasteiger partial charge < -0.3 is 10.0 Å². The molecule has 0 unspecified atom stereocenters. The molecule has 0 radical (unpaired) electrons. The maximum absolute atomic E-state index is 12.5. The lowest BCUT2D eigenvalue weighted by Crippen LogP contribution is -2.42. The number of hydrogen-bond acceptors (Lipinski definition) is 2. The molecule has 20 heavy (non-hydrogen) atoms. The van der Waals surface area contributed by atoms with Gasteiger partial charge in [-0.1, -0.05) is 0 Å². The van der Waals surface area contributed by atoms with Crippen LogP contribution in [0.5, 0.6) is 0 Å². The summed E-state index contributed by atoms with van der Waals surface area (Å²) in [5.41, 5.74) is -0.707. The number of alkyl halides is 3. The quantitative estimate of drug-likeness (QED) is 0.906. The van der Waals surface area contributed by atoms with E-state index in [9.17, 15) is 18.0 Å². The maximum Gasteiger partial charge on any atom is 0.416 e. The first-order chi connectivity index (χ1) is 9.22. The summed E-state index contributed by atoms with van der Waals surface area (Å²) in [5, 5.41) is 9.14. The molecule has 0 bridgehead atoms. The van der Waals surface area contributed by atoms with Crippen LogP contribution in [0.2, 0.25) is 0 Å². The standard InChI is InChI=1S/C14H16F3NO2/c1-13(12(19)20)6-8-18(9-7-13)11-4-2-10(3-5-11)14(15,16)17/h2-5H,6-9H2,1H3,(H,19,20). The molecule has 3 nitrogen and oxygen atoms in total. The fraction of sp³-hybridized carbons (Fsp3) is 0.500. The molecule has 1 aromatic carbocycles. The number of nitrogens with zero attached hydrogens (tertiary/aromatic N) is 1. The molecule has 1 aliphatic rings. The minimum Gasteiger partial charge on any atom is -0.481 e. The second-order valence-electron chi connectivity index (χ2n) is 5.40. The Morgan fingerprint density at radius 2 is 1.70 bits per heavy atom. The minimum absolute atomic E-state index is 0.489. The number of benzene rings is 1. The summed E-state index contributed by atoms with van der Waals surface area (Å²) in [7, 11) is 0. The largest absolute Gasteiger partial charge is 0.481 e. The Morgan fingerprint density at radius 3 is 2.10 bits per heavy atom. The Bertz CT molecular complexity index is 488. The molecule has 0 saturated carbocycles. The summed E-state index contributed by atoms with van der Waals surface area (Å²) < 4.78 is 37.4. The Morgan fingerprint density at radius 1 is 1.20 bits per heavy atom. The third kappa shape index (κ3) is 2.89. The van der Waals surface area contributed by atoms with Crippen LogP contribution >= 0.6 is 0 Å². The van der Waals surface area contributed by atoms with E-state index in [2.05, 4.69) is 0 Å². The van der Waals surface area contributed by atoms with E-state index >= 15 is 0 Å². The van der Waals surface area contributed by atoms with Crippen molar-refractivity contribution in [3.63, 3.8) is 0 Å². The molecule has 0 spiro atoms. The van der Waals surface area contributed by atoms with Crippen molar-refractivity contribution in [2.24, 2.45) is 5.41 Å². The predicted molar refractivity (Wildman–Crippen MR) is 68.6 cm³/mol. The van der Waals surface area contributed by atoms with Crippen LogP contribution in [0.25, 0.3) is 0 Å². The van der Waals surface area contributed by atoms with E-state index in [0.29, 0.717) is 31.6 Å². The summed E-state index contributed by atoms with van der Waals surface area (Å²) >= 11 is 0. The lowest BCUT2D eigenvalue weighted by molar-refractivity contribution is -0.149. The highest BCUT2D eigenvalue weighted by Gasteiger charge is 2.37. The molecule has 6 heteroatoms. The highest BCUT2D eigenvalue weighted by atomic mass is 19.4. The van der Waals surface area contributed by atoms with Crippen molar-refractivity contribution >= 4 is 11.7 Å². The molecule has 1 aliphatic heterocycles. The fourth-order valence-corrected chi connectivity index (χ4v) is 2.33. The normalized spacial score (nSPS) is 18.9. The van der Waals surface area contributed by atoms with Crippen molar-refractivity contribution in [1.29, 1.82) is 0 Å².